The lowest BCUT2D eigenvalue weighted by Gasteiger charge is -2.28. The first kappa shape index (κ1) is 24.0. The summed E-state index contributed by atoms with van der Waals surface area (Å²) in [6, 6.07) is 2.82. The van der Waals surface area contributed by atoms with Gasteiger partial charge in [0.05, 0.1) is 24.8 Å². The summed E-state index contributed by atoms with van der Waals surface area (Å²) in [4.78, 5) is 22.9. The van der Waals surface area contributed by atoms with Crippen LogP contribution in [0, 0.1) is 11.6 Å². The molecule has 182 valence electrons. The number of nitrogens with zero attached hydrogens (tertiary/aromatic N) is 3. The van der Waals surface area contributed by atoms with Gasteiger partial charge in [-0.3, -0.25) is 9.79 Å². The van der Waals surface area contributed by atoms with Gasteiger partial charge < -0.3 is 27.0 Å². The van der Waals surface area contributed by atoms with Gasteiger partial charge in [0.1, 0.15) is 27.5 Å². The molecule has 13 heteroatoms. The Morgan fingerprint density at radius 2 is 2.12 bits per heavy atom. The molecule has 4 rings (SSSR count). The number of hydrogen-bond acceptors (Lipinski definition) is 7. The van der Waals surface area contributed by atoms with Gasteiger partial charge in [0.2, 0.25) is 0 Å². The molecule has 2 heterocycles. The third-order valence-electron chi connectivity index (χ3n) is 5.20. The van der Waals surface area contributed by atoms with Gasteiger partial charge >= 0.3 is 0 Å². The van der Waals surface area contributed by atoms with Crippen LogP contribution in [0.3, 0.4) is 0 Å². The predicted molar refractivity (Wildman–Crippen MR) is 121 cm³/mol. The van der Waals surface area contributed by atoms with E-state index in [4.69, 9.17) is 11.5 Å². The molecule has 0 atom stereocenters. The predicted octanol–water partition coefficient (Wildman–Crippen LogP) is 2.30. The minimum atomic E-state index is -3.01. The van der Waals surface area contributed by atoms with Crippen molar-refractivity contribution in [1.29, 1.82) is 0 Å². The molecule has 1 aliphatic heterocycles. The standard InChI is InChI=1S/C21H23F4N7OS/c22-11-1-4-14(23)13(7-11)20-31-16(17(27)34-20)19(33)30-15(8-26)18(29-12-2-3-12)32-6-5-28-9-21(24,25)10-32/h1,4,7-8,12,28H,2-3,5-6,9-10,26-27H2,(H,30,33). The van der Waals surface area contributed by atoms with Crippen molar-refractivity contribution < 1.29 is 22.4 Å². The Kier molecular flexibility index (Phi) is 6.75. The molecule has 1 saturated heterocycles. The Morgan fingerprint density at radius 3 is 2.82 bits per heavy atom. The smallest absolute Gasteiger partial charge is 0.277 e. The summed E-state index contributed by atoms with van der Waals surface area (Å²) >= 11 is 0.813. The van der Waals surface area contributed by atoms with E-state index in [2.05, 4.69) is 20.6 Å². The number of anilines is 1. The van der Waals surface area contributed by atoms with Gasteiger partial charge in [0.25, 0.3) is 11.8 Å². The van der Waals surface area contributed by atoms with Crippen LogP contribution in [0.25, 0.3) is 10.6 Å². The third-order valence-corrected chi connectivity index (χ3v) is 6.12. The number of rotatable bonds is 5. The number of carbonyl (C=O) groups excluding carboxylic acids is 1. The summed E-state index contributed by atoms with van der Waals surface area (Å²) in [7, 11) is 0. The molecule has 8 nitrogen and oxygen atoms in total. The van der Waals surface area contributed by atoms with E-state index < -0.39 is 36.6 Å². The number of alkyl halides is 2. The molecule has 1 saturated carbocycles. The van der Waals surface area contributed by atoms with Crippen molar-refractivity contribution in [2.75, 3.05) is 31.9 Å². The highest BCUT2D eigenvalue weighted by molar-refractivity contribution is 7.19. The fourth-order valence-corrected chi connectivity index (χ4v) is 4.25. The maximum Gasteiger partial charge on any atom is 0.277 e. The van der Waals surface area contributed by atoms with Crippen LogP contribution in [0.5, 0.6) is 0 Å². The second-order valence-electron chi connectivity index (χ2n) is 8.03. The van der Waals surface area contributed by atoms with Crippen LogP contribution < -0.4 is 22.1 Å². The normalized spacial score (nSPS) is 19.1. The van der Waals surface area contributed by atoms with Crippen molar-refractivity contribution in [2.45, 2.75) is 24.8 Å². The lowest BCUT2D eigenvalue weighted by Crippen LogP contribution is -2.45. The molecule has 0 bridgehead atoms. The highest BCUT2D eigenvalue weighted by atomic mass is 32.1. The number of carbonyl (C=O) groups is 1. The molecule has 1 aliphatic carbocycles. The number of thiazole rings is 1. The summed E-state index contributed by atoms with van der Waals surface area (Å²) < 4.78 is 56.2. The van der Waals surface area contributed by atoms with Crippen molar-refractivity contribution in [1.82, 2.24) is 20.5 Å². The number of nitrogens with one attached hydrogen (secondary N) is 2. The second-order valence-corrected chi connectivity index (χ2v) is 9.06. The van der Waals surface area contributed by atoms with Crippen LogP contribution in [-0.2, 0) is 0 Å². The highest BCUT2D eigenvalue weighted by Gasteiger charge is 2.36. The second kappa shape index (κ2) is 9.58. The maximum atomic E-state index is 14.2. The van der Waals surface area contributed by atoms with E-state index >= 15 is 0 Å². The summed E-state index contributed by atoms with van der Waals surface area (Å²) in [6.45, 7) is -0.535. The van der Waals surface area contributed by atoms with Crippen LogP contribution in [0.2, 0.25) is 0 Å². The molecule has 6 N–H and O–H groups in total. The van der Waals surface area contributed by atoms with Crippen molar-refractivity contribution >= 4 is 28.1 Å². The first-order chi connectivity index (χ1) is 16.2. The Morgan fingerprint density at radius 1 is 1.35 bits per heavy atom. The average molecular weight is 498 g/mol. The minimum Gasteiger partial charge on any atom is -0.403 e. The number of benzene rings is 1. The molecular weight excluding hydrogens is 474 g/mol. The highest BCUT2D eigenvalue weighted by Crippen LogP contribution is 2.32. The largest absolute Gasteiger partial charge is 0.403 e. The van der Waals surface area contributed by atoms with Crippen molar-refractivity contribution in [3.8, 4) is 10.6 Å². The van der Waals surface area contributed by atoms with Gasteiger partial charge in [-0.1, -0.05) is 11.3 Å². The van der Waals surface area contributed by atoms with Crippen LogP contribution >= 0.6 is 11.3 Å². The molecule has 0 radical (unpaired) electrons. The Labute approximate surface area is 196 Å². The average Bonchev–Trinajstić information content (AvgIpc) is 3.55. The van der Waals surface area contributed by atoms with Crippen molar-refractivity contribution in [3.63, 3.8) is 0 Å². The maximum absolute atomic E-state index is 14.2. The molecule has 34 heavy (non-hydrogen) atoms. The Bertz CT molecular complexity index is 1150. The van der Waals surface area contributed by atoms with Gasteiger partial charge in [-0.25, -0.2) is 22.5 Å². The SMILES string of the molecule is NC=C(NC(=O)c1nc(-c2cc(F)ccc2F)sc1N)C(=NC1CC1)N1CCNCC(F)(F)C1. The number of amidine groups is 1. The van der Waals surface area contributed by atoms with E-state index in [1.807, 2.05) is 0 Å². The number of aliphatic imine (C=N–C) groups is 1. The molecule has 1 aromatic carbocycles. The van der Waals surface area contributed by atoms with E-state index in [1.165, 1.54) is 4.90 Å². The van der Waals surface area contributed by atoms with Gasteiger partial charge in [-0.15, -0.1) is 0 Å². The summed E-state index contributed by atoms with van der Waals surface area (Å²) in [5.41, 5.74) is 11.3. The van der Waals surface area contributed by atoms with Crippen LogP contribution in [0.15, 0.2) is 35.1 Å². The van der Waals surface area contributed by atoms with E-state index in [0.717, 1.165) is 48.6 Å². The third kappa shape index (κ3) is 5.47. The number of nitrogen functional groups attached to an aromatic ring is 1. The molecule has 0 unspecified atom stereocenters. The van der Waals surface area contributed by atoms with Gasteiger partial charge in [-0.05, 0) is 31.0 Å². The van der Waals surface area contributed by atoms with E-state index in [1.54, 1.807) is 0 Å². The summed E-state index contributed by atoms with van der Waals surface area (Å²) in [5, 5.41) is 5.22. The van der Waals surface area contributed by atoms with Crippen LogP contribution in [-0.4, -0.2) is 59.8 Å². The van der Waals surface area contributed by atoms with Gasteiger partial charge in [-0.2, -0.15) is 0 Å². The zero-order valence-electron chi connectivity index (χ0n) is 18.0. The molecule has 2 aliphatic rings. The van der Waals surface area contributed by atoms with E-state index in [0.29, 0.717) is 6.54 Å². The topological polar surface area (TPSA) is 122 Å². The van der Waals surface area contributed by atoms with Gasteiger partial charge in [0.15, 0.2) is 5.69 Å². The van der Waals surface area contributed by atoms with Crippen LogP contribution in [0.4, 0.5) is 22.6 Å². The number of amides is 1. The van der Waals surface area contributed by atoms with E-state index in [-0.39, 0.29) is 45.4 Å². The number of hydrogen-bond donors (Lipinski definition) is 4. The molecule has 2 aromatic rings. The number of aromatic nitrogens is 1. The minimum absolute atomic E-state index is 0.0167. The first-order valence-electron chi connectivity index (χ1n) is 10.5. The lowest BCUT2D eigenvalue weighted by atomic mass is 10.2. The monoisotopic (exact) mass is 497 g/mol. The molecular formula is C21H23F4N7OS. The number of halogens is 4. The zero-order chi connectivity index (χ0) is 24.5. The molecule has 2 fully saturated rings. The zero-order valence-corrected chi connectivity index (χ0v) is 18.8. The molecule has 0 spiro atoms. The lowest BCUT2D eigenvalue weighted by molar-refractivity contribution is -0.00585. The van der Waals surface area contributed by atoms with Gasteiger partial charge in [0, 0.05) is 24.9 Å². The molecule has 1 amide bonds. The first-order valence-corrected chi connectivity index (χ1v) is 11.3. The van der Waals surface area contributed by atoms with Crippen molar-refractivity contribution in [2.24, 2.45) is 10.7 Å². The summed E-state index contributed by atoms with van der Waals surface area (Å²) in [6.07, 6.45) is 2.68. The Balaban J connectivity index is 1.59. The molecule has 1 aromatic heterocycles. The quantitative estimate of drug-likeness (QED) is 0.286. The fourth-order valence-electron chi connectivity index (χ4n) is 3.40. The van der Waals surface area contributed by atoms with E-state index in [9.17, 15) is 22.4 Å². The summed E-state index contributed by atoms with van der Waals surface area (Å²) in [5.74, 6) is -5.04. The Hall–Kier alpha value is -3.19. The van der Waals surface area contributed by atoms with Crippen molar-refractivity contribution in [3.05, 3.63) is 47.4 Å². The van der Waals surface area contributed by atoms with Crippen LogP contribution in [0.1, 0.15) is 23.3 Å². The number of nitrogens with two attached hydrogens (primary N) is 2. The fraction of sp³-hybridized carbons (Fsp3) is 0.381.